The third kappa shape index (κ3) is 3.32. The van der Waals surface area contributed by atoms with Gasteiger partial charge in [0.15, 0.2) is 0 Å². The summed E-state index contributed by atoms with van der Waals surface area (Å²) in [6, 6.07) is 7.28. The predicted molar refractivity (Wildman–Crippen MR) is 74.3 cm³/mol. The van der Waals surface area contributed by atoms with Crippen LogP contribution in [0, 0.1) is 5.92 Å². The maximum Gasteiger partial charge on any atom is 0.240 e. The molecule has 1 aromatic rings. The Morgan fingerprint density at radius 3 is 2.74 bits per heavy atom. The molecular formula is C13H14ClN3O2. The third-order valence-electron chi connectivity index (χ3n) is 2.85. The van der Waals surface area contributed by atoms with Crippen molar-refractivity contribution in [3.63, 3.8) is 0 Å². The van der Waals surface area contributed by atoms with Crippen molar-refractivity contribution in [3.05, 3.63) is 29.8 Å². The summed E-state index contributed by atoms with van der Waals surface area (Å²) in [5.74, 6) is -0.304. The lowest BCUT2D eigenvalue weighted by Crippen LogP contribution is -2.31. The number of amides is 2. The topological polar surface area (TPSA) is 70.6 Å². The quantitative estimate of drug-likeness (QED) is 0.827. The summed E-state index contributed by atoms with van der Waals surface area (Å²) in [4.78, 5) is 22.3. The van der Waals surface area contributed by atoms with Crippen LogP contribution in [0.15, 0.2) is 29.4 Å². The molecule has 0 aliphatic carbocycles. The Labute approximate surface area is 116 Å². The van der Waals surface area contributed by atoms with Crippen LogP contribution in [0.1, 0.15) is 18.9 Å². The van der Waals surface area contributed by atoms with Crippen molar-refractivity contribution in [2.24, 2.45) is 11.0 Å². The van der Waals surface area contributed by atoms with Crippen LogP contribution in [0.3, 0.4) is 0 Å². The van der Waals surface area contributed by atoms with E-state index in [4.69, 9.17) is 11.6 Å². The Morgan fingerprint density at radius 2 is 2.16 bits per heavy atom. The fourth-order valence-electron chi connectivity index (χ4n) is 1.92. The van der Waals surface area contributed by atoms with Crippen LogP contribution < -0.4 is 10.7 Å². The van der Waals surface area contributed by atoms with Crippen LogP contribution >= 0.6 is 11.6 Å². The van der Waals surface area contributed by atoms with Crippen molar-refractivity contribution < 1.29 is 9.59 Å². The van der Waals surface area contributed by atoms with Gasteiger partial charge in [-0.05, 0) is 17.7 Å². The fraction of sp³-hybridized carbons (Fsp3) is 0.308. The molecule has 1 aliphatic rings. The van der Waals surface area contributed by atoms with Gasteiger partial charge in [-0.15, -0.1) is 11.6 Å². The summed E-state index contributed by atoms with van der Waals surface area (Å²) in [6.07, 6.45) is 0.434. The second-order valence-corrected chi connectivity index (χ2v) is 4.66. The first-order valence-corrected chi connectivity index (χ1v) is 6.46. The zero-order valence-electron chi connectivity index (χ0n) is 10.4. The molecule has 100 valence electrons. The number of carbonyl (C=O) groups is 2. The van der Waals surface area contributed by atoms with E-state index in [1.807, 2.05) is 19.1 Å². The highest BCUT2D eigenvalue weighted by Crippen LogP contribution is 2.18. The standard InChI is InChI=1S/C13H14ClN3O2/c1-8-6-11(18)16-17-13(8)9-2-4-10(5-3-9)15-12(19)7-14/h2-5,8H,6-7H2,1H3,(H,15,19)(H,16,18)/t8-/m1/s1. The lowest BCUT2D eigenvalue weighted by Gasteiger charge is -2.19. The molecule has 0 fully saturated rings. The van der Waals surface area contributed by atoms with Gasteiger partial charge in [0, 0.05) is 18.0 Å². The lowest BCUT2D eigenvalue weighted by atomic mass is 9.94. The third-order valence-corrected chi connectivity index (χ3v) is 3.09. The maximum absolute atomic E-state index is 11.2. The smallest absolute Gasteiger partial charge is 0.240 e. The van der Waals surface area contributed by atoms with Crippen molar-refractivity contribution in [3.8, 4) is 0 Å². The van der Waals surface area contributed by atoms with E-state index in [1.54, 1.807) is 12.1 Å². The molecule has 0 radical (unpaired) electrons. The summed E-state index contributed by atoms with van der Waals surface area (Å²) < 4.78 is 0. The molecule has 0 saturated carbocycles. The average molecular weight is 280 g/mol. The molecule has 0 aromatic heterocycles. The first kappa shape index (κ1) is 13.5. The summed E-state index contributed by atoms with van der Waals surface area (Å²) in [5, 5.41) is 6.74. The first-order valence-electron chi connectivity index (χ1n) is 5.93. The number of rotatable bonds is 3. The molecule has 2 rings (SSSR count). The van der Waals surface area contributed by atoms with E-state index in [0.29, 0.717) is 12.1 Å². The van der Waals surface area contributed by atoms with Crippen molar-refractivity contribution >= 4 is 34.8 Å². The zero-order valence-corrected chi connectivity index (χ0v) is 11.2. The van der Waals surface area contributed by atoms with Crippen LogP contribution in [0.4, 0.5) is 5.69 Å². The first-order chi connectivity index (χ1) is 9.10. The molecule has 1 aliphatic heterocycles. The molecule has 19 heavy (non-hydrogen) atoms. The minimum Gasteiger partial charge on any atom is -0.325 e. The Balaban J connectivity index is 2.14. The Hall–Kier alpha value is -1.88. The van der Waals surface area contributed by atoms with Gasteiger partial charge in [-0.25, -0.2) is 5.43 Å². The van der Waals surface area contributed by atoms with Crippen LogP contribution in [-0.2, 0) is 9.59 Å². The van der Waals surface area contributed by atoms with E-state index in [9.17, 15) is 9.59 Å². The number of hydrogen-bond donors (Lipinski definition) is 2. The SMILES string of the molecule is C[C@@H]1CC(=O)NN=C1c1ccc(NC(=O)CCl)cc1. The largest absolute Gasteiger partial charge is 0.325 e. The molecule has 0 bridgehead atoms. The number of benzene rings is 1. The van der Waals surface area contributed by atoms with Crippen LogP contribution in [-0.4, -0.2) is 23.4 Å². The van der Waals surface area contributed by atoms with E-state index in [-0.39, 0.29) is 23.6 Å². The highest BCUT2D eigenvalue weighted by Gasteiger charge is 2.21. The summed E-state index contributed by atoms with van der Waals surface area (Å²) >= 11 is 5.42. The monoisotopic (exact) mass is 279 g/mol. The fourth-order valence-corrected chi connectivity index (χ4v) is 1.99. The second kappa shape index (κ2) is 5.84. The minimum atomic E-state index is -0.245. The van der Waals surface area contributed by atoms with Crippen LogP contribution in [0.2, 0.25) is 0 Å². The van der Waals surface area contributed by atoms with E-state index in [2.05, 4.69) is 15.8 Å². The van der Waals surface area contributed by atoms with Crippen molar-refractivity contribution in [2.45, 2.75) is 13.3 Å². The van der Waals surface area contributed by atoms with Crippen LogP contribution in [0.25, 0.3) is 0 Å². The van der Waals surface area contributed by atoms with Gasteiger partial charge in [0.25, 0.3) is 0 Å². The highest BCUT2D eigenvalue weighted by molar-refractivity contribution is 6.29. The molecule has 6 heteroatoms. The van der Waals surface area contributed by atoms with Crippen molar-refractivity contribution in [1.82, 2.24) is 5.43 Å². The normalized spacial score (nSPS) is 18.5. The van der Waals surface area contributed by atoms with Gasteiger partial charge < -0.3 is 5.32 Å². The summed E-state index contributed by atoms with van der Waals surface area (Å²) in [5.41, 5.74) is 4.93. The number of anilines is 1. The van der Waals surface area contributed by atoms with E-state index in [0.717, 1.165) is 11.3 Å². The molecule has 1 aromatic carbocycles. The second-order valence-electron chi connectivity index (χ2n) is 4.40. The molecule has 2 amide bonds. The van der Waals surface area contributed by atoms with Crippen molar-refractivity contribution in [2.75, 3.05) is 11.2 Å². The van der Waals surface area contributed by atoms with Gasteiger partial charge in [0.05, 0.1) is 5.71 Å². The van der Waals surface area contributed by atoms with Gasteiger partial charge in [0.2, 0.25) is 11.8 Å². The Kier molecular flexibility index (Phi) is 4.16. The number of halogens is 1. The number of hydrazone groups is 1. The molecule has 1 heterocycles. The summed E-state index contributed by atoms with van der Waals surface area (Å²) in [7, 11) is 0. The number of alkyl halides is 1. The highest BCUT2D eigenvalue weighted by atomic mass is 35.5. The maximum atomic E-state index is 11.2. The molecule has 1 atom stereocenters. The minimum absolute atomic E-state index is 0.0674. The number of nitrogens with zero attached hydrogens (tertiary/aromatic N) is 1. The van der Waals surface area contributed by atoms with E-state index < -0.39 is 0 Å². The molecule has 5 nitrogen and oxygen atoms in total. The summed E-state index contributed by atoms with van der Waals surface area (Å²) in [6.45, 7) is 1.96. The number of carbonyl (C=O) groups excluding carboxylic acids is 2. The Morgan fingerprint density at radius 1 is 1.47 bits per heavy atom. The predicted octanol–water partition coefficient (Wildman–Crippen LogP) is 1.72. The average Bonchev–Trinajstić information content (AvgIpc) is 2.40. The van der Waals surface area contributed by atoms with Gasteiger partial charge in [-0.1, -0.05) is 19.1 Å². The molecular weight excluding hydrogens is 266 g/mol. The zero-order chi connectivity index (χ0) is 13.8. The van der Waals surface area contributed by atoms with Crippen molar-refractivity contribution in [1.29, 1.82) is 0 Å². The molecule has 0 saturated heterocycles. The number of nitrogens with one attached hydrogen (secondary N) is 2. The van der Waals surface area contributed by atoms with Gasteiger partial charge in [0.1, 0.15) is 5.88 Å². The van der Waals surface area contributed by atoms with E-state index in [1.165, 1.54) is 0 Å². The molecule has 0 spiro atoms. The van der Waals surface area contributed by atoms with Crippen LogP contribution in [0.5, 0.6) is 0 Å². The molecule has 2 N–H and O–H groups in total. The van der Waals surface area contributed by atoms with E-state index >= 15 is 0 Å². The van der Waals surface area contributed by atoms with Gasteiger partial charge in [-0.2, -0.15) is 5.10 Å². The van der Waals surface area contributed by atoms with Gasteiger partial charge >= 0.3 is 0 Å². The Bertz CT molecular complexity index is 525. The molecule has 0 unspecified atom stereocenters. The lowest BCUT2D eigenvalue weighted by molar-refractivity contribution is -0.122. The van der Waals surface area contributed by atoms with Gasteiger partial charge in [-0.3, -0.25) is 9.59 Å². The number of hydrogen-bond acceptors (Lipinski definition) is 3.